The summed E-state index contributed by atoms with van der Waals surface area (Å²) < 4.78 is 13.1. The van der Waals surface area contributed by atoms with Crippen LogP contribution in [0.2, 0.25) is 0 Å². The lowest BCUT2D eigenvalue weighted by atomic mass is 10.2. The number of fused-ring (bicyclic) bond motifs is 1. The van der Waals surface area contributed by atoms with E-state index in [0.29, 0.717) is 23.7 Å². The van der Waals surface area contributed by atoms with Gasteiger partial charge in [0.15, 0.2) is 0 Å². The molecule has 0 aliphatic carbocycles. The molecule has 0 fully saturated rings. The van der Waals surface area contributed by atoms with E-state index in [-0.39, 0.29) is 12.2 Å². The second kappa shape index (κ2) is 7.96. The lowest BCUT2D eigenvalue weighted by Gasteiger charge is -2.09. The van der Waals surface area contributed by atoms with E-state index < -0.39 is 0 Å². The first-order chi connectivity index (χ1) is 13.7. The molecule has 0 bridgehead atoms. The first kappa shape index (κ1) is 17.8. The summed E-state index contributed by atoms with van der Waals surface area (Å²) in [6.07, 6.45) is 1.73. The van der Waals surface area contributed by atoms with Crippen molar-refractivity contribution in [1.29, 1.82) is 0 Å². The average Bonchev–Trinajstić information content (AvgIpc) is 2.72. The van der Waals surface area contributed by atoms with Gasteiger partial charge < -0.3 is 9.47 Å². The quantitative estimate of drug-likeness (QED) is 0.510. The van der Waals surface area contributed by atoms with Gasteiger partial charge in [-0.3, -0.25) is 9.20 Å². The molecule has 140 valence electrons. The third-order valence-corrected chi connectivity index (χ3v) is 4.33. The molecule has 0 spiro atoms. The van der Waals surface area contributed by atoms with E-state index in [1.165, 1.54) is 10.5 Å². The predicted molar refractivity (Wildman–Crippen MR) is 108 cm³/mol. The Labute approximate surface area is 162 Å². The molecule has 4 aromatic rings. The third-order valence-electron chi connectivity index (χ3n) is 4.33. The van der Waals surface area contributed by atoms with Crippen LogP contribution in [0.25, 0.3) is 5.65 Å². The number of hydrogen-bond acceptors (Lipinski definition) is 4. The number of hydrogen-bond donors (Lipinski definition) is 0. The fourth-order valence-corrected chi connectivity index (χ4v) is 2.86. The number of benzene rings is 2. The molecule has 4 rings (SSSR count). The summed E-state index contributed by atoms with van der Waals surface area (Å²) in [5.41, 5.74) is 3.27. The van der Waals surface area contributed by atoms with Crippen molar-refractivity contribution in [3.63, 3.8) is 0 Å². The molecule has 5 nitrogen and oxygen atoms in total. The number of nitrogens with zero attached hydrogens (tertiary/aromatic N) is 2. The molecule has 0 aliphatic heterocycles. The first-order valence-electron chi connectivity index (χ1n) is 9.06. The number of rotatable bonds is 6. The standard InChI is InChI=1S/C23H20N2O3/c1-17-11-12-25-22(13-17)24-19(14-23(25)26)16-28-21-9-7-20(8-10-21)27-15-18-5-3-2-4-6-18/h2-14H,15-16H2,1H3. The molecule has 0 saturated heterocycles. The maximum atomic E-state index is 12.2. The zero-order valence-corrected chi connectivity index (χ0v) is 15.5. The largest absolute Gasteiger partial charge is 0.489 e. The van der Waals surface area contributed by atoms with Gasteiger partial charge in [-0.2, -0.15) is 0 Å². The predicted octanol–water partition coefficient (Wildman–Crippen LogP) is 4.16. The summed E-state index contributed by atoms with van der Waals surface area (Å²) in [5, 5.41) is 0. The molecule has 0 N–H and O–H groups in total. The van der Waals surface area contributed by atoms with E-state index in [0.717, 1.165) is 16.9 Å². The van der Waals surface area contributed by atoms with Crippen LogP contribution in [-0.2, 0) is 13.2 Å². The molecule has 28 heavy (non-hydrogen) atoms. The van der Waals surface area contributed by atoms with Gasteiger partial charge in [-0.25, -0.2) is 4.98 Å². The summed E-state index contributed by atoms with van der Waals surface area (Å²) in [5.74, 6) is 1.46. The van der Waals surface area contributed by atoms with Gasteiger partial charge in [0.05, 0.1) is 5.69 Å². The highest BCUT2D eigenvalue weighted by molar-refractivity contribution is 5.41. The van der Waals surface area contributed by atoms with E-state index in [9.17, 15) is 4.79 Å². The Hall–Kier alpha value is -3.60. The van der Waals surface area contributed by atoms with E-state index in [1.807, 2.05) is 73.7 Å². The lowest BCUT2D eigenvalue weighted by Crippen LogP contribution is -2.16. The van der Waals surface area contributed by atoms with Crippen LogP contribution in [0.5, 0.6) is 11.5 Å². The van der Waals surface area contributed by atoms with Gasteiger partial charge in [0.25, 0.3) is 5.56 Å². The smallest absolute Gasteiger partial charge is 0.258 e. The Kier molecular flexibility index (Phi) is 5.06. The molecular formula is C23H20N2O3. The number of pyridine rings is 1. The van der Waals surface area contributed by atoms with Crippen LogP contribution in [0.3, 0.4) is 0 Å². The van der Waals surface area contributed by atoms with Gasteiger partial charge in [-0.05, 0) is 54.4 Å². The van der Waals surface area contributed by atoms with Crippen LogP contribution in [-0.4, -0.2) is 9.38 Å². The van der Waals surface area contributed by atoms with Gasteiger partial charge in [-0.1, -0.05) is 30.3 Å². The minimum Gasteiger partial charge on any atom is -0.489 e. The normalized spacial score (nSPS) is 10.8. The van der Waals surface area contributed by atoms with Crippen LogP contribution in [0.15, 0.2) is 83.8 Å². The van der Waals surface area contributed by atoms with E-state index in [1.54, 1.807) is 6.20 Å². The molecule has 0 aliphatic rings. The topological polar surface area (TPSA) is 52.8 Å². The van der Waals surface area contributed by atoms with E-state index in [4.69, 9.17) is 9.47 Å². The minimum absolute atomic E-state index is 0.117. The Bertz CT molecular complexity index is 1140. The molecule has 2 aromatic carbocycles. The maximum absolute atomic E-state index is 12.2. The minimum atomic E-state index is -0.117. The Morgan fingerprint density at radius 3 is 2.25 bits per heavy atom. The fraction of sp³-hybridized carbons (Fsp3) is 0.130. The van der Waals surface area contributed by atoms with Gasteiger partial charge in [0, 0.05) is 12.3 Å². The van der Waals surface area contributed by atoms with Crippen molar-refractivity contribution < 1.29 is 9.47 Å². The monoisotopic (exact) mass is 372 g/mol. The highest BCUT2D eigenvalue weighted by atomic mass is 16.5. The van der Waals surface area contributed by atoms with E-state index in [2.05, 4.69) is 4.98 Å². The molecule has 0 amide bonds. The Morgan fingerprint density at radius 1 is 0.857 bits per heavy atom. The van der Waals surface area contributed by atoms with Crippen molar-refractivity contribution in [3.8, 4) is 11.5 Å². The van der Waals surface area contributed by atoms with Crippen molar-refractivity contribution in [2.45, 2.75) is 20.1 Å². The average molecular weight is 372 g/mol. The molecule has 0 unspecified atom stereocenters. The van der Waals surface area contributed by atoms with Crippen molar-refractivity contribution in [3.05, 3.63) is 106 Å². The van der Waals surface area contributed by atoms with Crippen molar-refractivity contribution in [2.24, 2.45) is 0 Å². The third kappa shape index (κ3) is 4.20. The maximum Gasteiger partial charge on any atom is 0.258 e. The zero-order chi connectivity index (χ0) is 19.3. The molecule has 5 heteroatoms. The van der Waals surface area contributed by atoms with Gasteiger partial charge in [0.2, 0.25) is 0 Å². The van der Waals surface area contributed by atoms with Crippen molar-refractivity contribution in [1.82, 2.24) is 9.38 Å². The highest BCUT2D eigenvalue weighted by Crippen LogP contribution is 2.19. The number of ether oxygens (including phenoxy) is 2. The van der Waals surface area contributed by atoms with Gasteiger partial charge in [0.1, 0.15) is 30.4 Å². The number of aryl methyl sites for hydroxylation is 1. The summed E-state index contributed by atoms with van der Waals surface area (Å²) >= 11 is 0. The van der Waals surface area contributed by atoms with Crippen LogP contribution < -0.4 is 15.0 Å². The van der Waals surface area contributed by atoms with Crippen LogP contribution >= 0.6 is 0 Å². The molecule has 0 radical (unpaired) electrons. The van der Waals surface area contributed by atoms with Crippen LogP contribution in [0.4, 0.5) is 0 Å². The SMILES string of the molecule is Cc1ccn2c(=O)cc(COc3ccc(OCc4ccccc4)cc3)nc2c1. The second-order valence-electron chi connectivity index (χ2n) is 6.55. The van der Waals surface area contributed by atoms with Crippen molar-refractivity contribution in [2.75, 3.05) is 0 Å². The molecule has 0 atom stereocenters. The molecule has 2 aromatic heterocycles. The number of aromatic nitrogens is 2. The molecule has 2 heterocycles. The van der Waals surface area contributed by atoms with E-state index >= 15 is 0 Å². The zero-order valence-electron chi connectivity index (χ0n) is 15.5. The molecule has 0 saturated carbocycles. The molecular weight excluding hydrogens is 352 g/mol. The van der Waals surface area contributed by atoms with Gasteiger partial charge in [-0.15, -0.1) is 0 Å². The summed E-state index contributed by atoms with van der Waals surface area (Å²) in [6.45, 7) is 2.71. The Morgan fingerprint density at radius 2 is 1.54 bits per heavy atom. The van der Waals surface area contributed by atoms with Crippen molar-refractivity contribution >= 4 is 5.65 Å². The highest BCUT2D eigenvalue weighted by Gasteiger charge is 2.04. The fourth-order valence-electron chi connectivity index (χ4n) is 2.86. The first-order valence-corrected chi connectivity index (χ1v) is 9.06. The Balaban J connectivity index is 1.40. The summed E-state index contributed by atoms with van der Waals surface area (Å²) in [7, 11) is 0. The summed E-state index contributed by atoms with van der Waals surface area (Å²) in [4.78, 5) is 16.7. The van der Waals surface area contributed by atoms with Crippen LogP contribution in [0.1, 0.15) is 16.8 Å². The summed E-state index contributed by atoms with van der Waals surface area (Å²) in [6, 6.07) is 22.7. The lowest BCUT2D eigenvalue weighted by molar-refractivity contribution is 0.294. The second-order valence-corrected chi connectivity index (χ2v) is 6.55. The van der Waals surface area contributed by atoms with Gasteiger partial charge >= 0.3 is 0 Å². The van der Waals surface area contributed by atoms with Crippen LogP contribution in [0, 0.1) is 6.92 Å².